The smallest absolute Gasteiger partial charge is 0.408 e. The number of rotatable bonds is 35. The highest BCUT2D eigenvalue weighted by molar-refractivity contribution is 7.90. The van der Waals surface area contributed by atoms with E-state index in [1.165, 1.54) is 81.8 Å². The van der Waals surface area contributed by atoms with Crippen LogP contribution in [0, 0.1) is 116 Å². The molecule has 20 atom stereocenters. The number of aryl methyl sites for hydroxylation is 1. The van der Waals surface area contributed by atoms with E-state index in [0.717, 1.165) is 142 Å². The highest BCUT2D eigenvalue weighted by Crippen LogP contribution is 2.43. The molecule has 1 aromatic heterocycles. The Kier molecular flexibility index (Phi) is 34.4. The average molecular weight is 1970 g/mol. The second-order valence-electron chi connectivity index (χ2n) is 43.2. The van der Waals surface area contributed by atoms with Crippen LogP contribution in [0.3, 0.4) is 0 Å². The third-order valence-corrected chi connectivity index (χ3v) is 34.3. The number of nitrogens with zero attached hydrogens (tertiary/aromatic N) is 8. The average Bonchev–Trinajstić information content (AvgIpc) is 1.62. The zero-order chi connectivity index (χ0) is 102. The van der Waals surface area contributed by atoms with Gasteiger partial charge in [-0.05, 0) is 312 Å². The Hall–Kier alpha value is -12.3. The summed E-state index contributed by atoms with van der Waals surface area (Å²) in [6.07, 6.45) is 28.6. The van der Waals surface area contributed by atoms with Crippen molar-refractivity contribution < 1.29 is 46.3 Å². The maximum atomic E-state index is 12.8. The van der Waals surface area contributed by atoms with Gasteiger partial charge in [-0.3, -0.25) is 33.3 Å². The molecule has 754 valence electrons. The lowest BCUT2D eigenvalue weighted by molar-refractivity contribution is -0.123. The van der Waals surface area contributed by atoms with Gasteiger partial charge in [-0.25, -0.2) is 13.2 Å². The van der Waals surface area contributed by atoms with Gasteiger partial charge in [0.25, 0.3) is 0 Å². The number of ether oxygens (including phenoxy) is 1. The lowest BCUT2D eigenvalue weighted by Gasteiger charge is -2.29. The number of Topliss-reactive ketones (excluding diaryl/α,β-unsaturated/α-hetero) is 5. The van der Waals surface area contributed by atoms with Crippen LogP contribution >= 0.6 is 0 Å². The van der Waals surface area contributed by atoms with Gasteiger partial charge >= 0.3 is 5.76 Å². The van der Waals surface area contributed by atoms with E-state index in [9.17, 15) is 68.3 Å². The molecule has 5 aliphatic carbocycles. The van der Waals surface area contributed by atoms with Gasteiger partial charge < -0.3 is 45.5 Å². The summed E-state index contributed by atoms with van der Waals surface area (Å²) in [4.78, 5) is 91.9. The molecule has 21 rings (SSSR count). The van der Waals surface area contributed by atoms with E-state index in [2.05, 4.69) is 124 Å². The summed E-state index contributed by atoms with van der Waals surface area (Å²) in [5.74, 6) is 2.47. The Morgan fingerprint density at radius 1 is 0.434 bits per heavy atom. The highest BCUT2D eigenvalue weighted by Gasteiger charge is 2.48. The number of ketones is 5. The fraction of sp³-hybridized carbons (Fsp3) is 0.483. The molecule has 25 heteroatoms. The number of sulfone groups is 1. The van der Waals surface area contributed by atoms with Crippen molar-refractivity contribution >= 4 is 67.5 Å². The standard InChI is InChI=1S/C28H31N3O4.C26H27N3O2.C24H26N2O3S.C23H31N3O.C19H22N2O/c1-34-12-2-11-31-24-16-21(8-10-26(24)35-28(31)33)20-5-3-18(4-6-20)13-19(17-29)14-25(32)27-22-7-9-23(15-22)30-27;1-29-23-13-19(6-7-20(23)14-25(29)31)18-4-2-16(3-5-18)10-17(15-27)11-24(30)26-21-8-9-22(12-21)28-26;1-30(28,29)22-10-7-19(8-11-22)18-4-2-16(3-5-18)12-17(15-25)13-23(27)24-20-6-9-21(14-20)26-24;1-26-10-8-19(9-11-26)18-4-2-16(3-5-18)12-17(15-24)13-22(27)23-20-6-7-21(14-20)25-23;1-2-13-3-5-14(6-4-13)9-15(12-20)10-18(22)19-16-7-8-17(11-16)21-19/h3-6,8,10,16,19,22-23,27,30H,2,7,9,11-15H2,1H3;2-7,13,17,21-22,26,28H,8-12,14H2,1H3;2-5,7-8,10-11,17,20-21,24,26H,6,9,12-14H2,1H3;2-5,17,19-21,23,25H,6-14H2,1H3;2-6,15-17,19,21H,1,7-11H2/t19-,22+,23-,27+;17-,21+,22-,26+;17-,20+,21-,24+;17-,20+,21-,23+;15-,16+,17-,19+/m11111/s1. The summed E-state index contributed by atoms with van der Waals surface area (Å²) in [5, 5.41) is 65.0. The third kappa shape index (κ3) is 26.0. The number of benzene rings is 8. The largest absolute Gasteiger partial charge is 0.419 e. The lowest BCUT2D eigenvalue weighted by Crippen LogP contribution is -2.42. The quantitative estimate of drug-likeness (QED) is 0.0230. The molecular formula is C120H137N13O11S. The number of nitriles is 5. The minimum atomic E-state index is -3.21. The summed E-state index contributed by atoms with van der Waals surface area (Å²) >= 11 is 0. The number of carbonyl (C=O) groups excluding carboxylic acids is 6. The van der Waals surface area contributed by atoms with Crippen LogP contribution in [0.15, 0.2) is 203 Å². The molecule has 24 nitrogen and oxygen atoms in total. The minimum absolute atomic E-state index is 0.00209. The number of likely N-dealkylation sites (tertiary alicyclic amines) is 1. The first-order valence-corrected chi connectivity index (χ1v) is 54.6. The predicted octanol–water partition coefficient (Wildman–Crippen LogP) is 17.7. The van der Waals surface area contributed by atoms with Crippen LogP contribution in [-0.4, -0.2) is 160 Å². The molecule has 11 fully saturated rings. The first kappa shape index (κ1) is 104. The van der Waals surface area contributed by atoms with Gasteiger partial charge in [-0.15, -0.1) is 0 Å². The van der Waals surface area contributed by atoms with E-state index in [0.29, 0.717) is 160 Å². The molecule has 1 amide bonds. The molecule has 9 aromatic rings. The van der Waals surface area contributed by atoms with Crippen LogP contribution < -0.4 is 37.2 Å². The summed E-state index contributed by atoms with van der Waals surface area (Å²) < 4.78 is 35.3. The lowest BCUT2D eigenvalue weighted by atomic mass is 9.87. The van der Waals surface area contributed by atoms with Crippen LogP contribution in [0.25, 0.3) is 50.6 Å². The predicted molar refractivity (Wildman–Crippen MR) is 561 cm³/mol. The van der Waals surface area contributed by atoms with Crippen LogP contribution in [0.5, 0.6) is 0 Å². The third-order valence-electron chi connectivity index (χ3n) is 33.2. The van der Waals surface area contributed by atoms with Crippen LogP contribution in [0.2, 0.25) is 0 Å². The van der Waals surface area contributed by atoms with Crippen LogP contribution in [0.1, 0.15) is 198 Å². The molecule has 5 N–H and O–H groups in total. The Bertz CT molecular complexity index is 6540. The van der Waals surface area contributed by atoms with E-state index in [1.807, 2.05) is 116 Å². The van der Waals surface area contributed by atoms with Gasteiger partial charge in [-0.1, -0.05) is 164 Å². The van der Waals surface area contributed by atoms with Gasteiger partial charge in [0.2, 0.25) is 5.91 Å². The van der Waals surface area contributed by atoms with Gasteiger partial charge in [0, 0.05) is 102 Å². The summed E-state index contributed by atoms with van der Waals surface area (Å²) in [6.45, 7) is 7.19. The number of carbonyl (C=O) groups is 6. The molecule has 12 aliphatic rings. The highest BCUT2D eigenvalue weighted by atomic mass is 32.2. The maximum absolute atomic E-state index is 12.8. The van der Waals surface area contributed by atoms with Crippen molar-refractivity contribution in [3.8, 4) is 63.7 Å². The van der Waals surface area contributed by atoms with Crippen molar-refractivity contribution in [3.63, 3.8) is 0 Å². The molecule has 8 heterocycles. The summed E-state index contributed by atoms with van der Waals surface area (Å²) in [5.41, 5.74) is 17.3. The second kappa shape index (κ2) is 47.9. The number of piperidine rings is 6. The van der Waals surface area contributed by atoms with E-state index in [4.69, 9.17) is 9.15 Å². The molecule has 0 spiro atoms. The zero-order valence-electron chi connectivity index (χ0n) is 84.0. The van der Waals surface area contributed by atoms with Crippen molar-refractivity contribution in [1.29, 1.82) is 26.3 Å². The monoisotopic (exact) mass is 1970 g/mol. The molecule has 8 aromatic carbocycles. The van der Waals surface area contributed by atoms with Crippen molar-refractivity contribution in [1.82, 2.24) is 36.1 Å². The molecule has 0 radical (unpaired) electrons. The normalized spacial score (nSPS) is 25.2. The molecule has 145 heavy (non-hydrogen) atoms. The number of hydrogen-bond donors (Lipinski definition) is 5. The topological polar surface area (TPSA) is 367 Å². The maximum Gasteiger partial charge on any atom is 0.419 e. The van der Waals surface area contributed by atoms with Crippen molar-refractivity contribution in [2.75, 3.05) is 52.1 Å². The first-order chi connectivity index (χ1) is 70.2. The number of fused-ring (bicyclic) bond motifs is 12. The van der Waals surface area contributed by atoms with Crippen LogP contribution in [-0.2, 0) is 88.4 Å². The van der Waals surface area contributed by atoms with Gasteiger partial charge in [0.15, 0.2) is 44.3 Å². The SMILES string of the molecule is C=Cc1ccc(C[C@@H](C#N)CC(=O)[C@H]2N[C@@H]3CC[C@H]2C3)cc1.CN1C(=O)Cc2ccc(-c3ccc(C[C@@H](C#N)CC(=O)[C@H]4N[C@@H]5CC[C@H]4C5)cc3)cc21.CN1CCC(c2ccc(C[C@@H](C#N)CC(=O)[C@H]3N[C@@H]4CC[C@H]3C4)cc2)CC1.COCCCn1c(=O)oc2ccc(-c3ccc(C[C@@H](C#N)CC(=O)[C@H]4N[C@@H]5CC[C@H]4C5)cc3)cc21.CS(=O)(=O)c1ccc(-c2ccc(C[C@@H](C#N)CC(=O)[C@H]3N[C@@H]4CC[C@H]3C4)cc2)cc1. The number of nitrogens with one attached hydrogen (secondary N) is 5. The molecule has 10 bridgehead atoms. The van der Waals surface area contributed by atoms with E-state index < -0.39 is 9.84 Å². The molecular weight excluding hydrogens is 1830 g/mol. The fourth-order valence-electron chi connectivity index (χ4n) is 25.1. The molecule has 0 unspecified atom stereocenters. The van der Waals surface area contributed by atoms with Crippen LogP contribution in [0.4, 0.5) is 5.69 Å². The minimum Gasteiger partial charge on any atom is -0.408 e. The molecule has 6 saturated heterocycles. The zero-order valence-corrected chi connectivity index (χ0v) is 84.9. The molecule has 7 aliphatic heterocycles. The Morgan fingerprint density at radius 3 is 1.08 bits per heavy atom. The second-order valence-corrected chi connectivity index (χ2v) is 45.3. The van der Waals surface area contributed by atoms with Gasteiger partial charge in [-0.2, -0.15) is 26.3 Å². The number of hydrogen-bond acceptors (Lipinski definition) is 22. The van der Waals surface area contributed by atoms with E-state index in [-0.39, 0.29) is 100 Å². The van der Waals surface area contributed by atoms with Gasteiger partial charge in [0.05, 0.1) is 107 Å². The van der Waals surface area contributed by atoms with Gasteiger partial charge in [0.1, 0.15) is 0 Å². The molecule has 5 saturated carbocycles. The van der Waals surface area contributed by atoms with E-state index >= 15 is 0 Å². The number of anilines is 1. The Balaban J connectivity index is 0.000000125. The number of aromatic nitrogens is 1. The Labute approximate surface area is 853 Å². The number of likely N-dealkylation sites (N-methyl/N-ethyl adjacent to an activating group) is 1. The summed E-state index contributed by atoms with van der Waals surface area (Å²) in [6, 6.07) is 73.8. The number of amides is 1. The summed E-state index contributed by atoms with van der Waals surface area (Å²) in [7, 11) is 2.44. The number of methoxy groups -OCH3 is 1. The van der Waals surface area contributed by atoms with Crippen molar-refractivity contribution in [2.24, 2.45) is 59.2 Å². The van der Waals surface area contributed by atoms with Crippen molar-refractivity contribution in [2.45, 2.75) is 264 Å². The number of oxazole rings is 1. The first-order valence-electron chi connectivity index (χ1n) is 52.7. The van der Waals surface area contributed by atoms with E-state index in [1.54, 1.807) is 46.9 Å². The van der Waals surface area contributed by atoms with Crippen molar-refractivity contribution in [3.05, 3.63) is 244 Å². The fourth-order valence-corrected chi connectivity index (χ4v) is 25.7. The Morgan fingerprint density at radius 2 is 0.759 bits per heavy atom.